The van der Waals surface area contributed by atoms with E-state index in [1.54, 1.807) is 0 Å². The highest BCUT2D eigenvalue weighted by Crippen LogP contribution is 2.45. The van der Waals surface area contributed by atoms with Gasteiger partial charge in [-0.15, -0.1) is 0 Å². The highest BCUT2D eigenvalue weighted by atomic mass is 31.2. The molecule has 0 saturated carbocycles. The van der Waals surface area contributed by atoms with E-state index in [4.69, 9.17) is 0 Å². The maximum Gasteiger partial charge on any atom is 0.205 e. The van der Waals surface area contributed by atoms with E-state index in [-0.39, 0.29) is 12.0 Å². The van der Waals surface area contributed by atoms with E-state index in [0.717, 1.165) is 16.2 Å². The summed E-state index contributed by atoms with van der Waals surface area (Å²) >= 11 is 0. The minimum absolute atomic E-state index is 0.0815. The van der Waals surface area contributed by atoms with Crippen LogP contribution in [-0.2, 0) is 4.57 Å². The number of nitrogens with one attached hydrogen (secondary N) is 1. The largest absolute Gasteiger partial charge is 0.297 e. The molecule has 0 aliphatic rings. The summed E-state index contributed by atoms with van der Waals surface area (Å²) in [7, 11) is -3.13. The number of rotatable bonds is 8. The molecule has 0 aliphatic heterocycles. The Morgan fingerprint density at radius 2 is 0.917 bits per heavy atom. The zero-order valence-electron chi connectivity index (χ0n) is 20.4. The first-order chi connectivity index (χ1) is 17.6. The first-order valence-corrected chi connectivity index (χ1v) is 14.1. The summed E-state index contributed by atoms with van der Waals surface area (Å²) in [5, 5.41) is 5.30. The lowest BCUT2D eigenvalue weighted by Crippen LogP contribution is -2.33. The predicted molar refractivity (Wildman–Crippen MR) is 152 cm³/mol. The Kier molecular flexibility index (Phi) is 7.28. The van der Waals surface area contributed by atoms with Crippen molar-refractivity contribution in [1.29, 1.82) is 0 Å². The highest BCUT2D eigenvalue weighted by molar-refractivity contribution is 7.76. The molecule has 2 atom stereocenters. The van der Waals surface area contributed by atoms with Crippen molar-refractivity contribution in [2.24, 2.45) is 0 Å². The Balaban J connectivity index is 1.55. The van der Waals surface area contributed by atoms with Gasteiger partial charge < -0.3 is 0 Å². The van der Waals surface area contributed by atoms with Crippen molar-refractivity contribution >= 4 is 17.9 Å². The molecule has 0 bridgehead atoms. The lowest BCUT2D eigenvalue weighted by molar-refractivity contribution is 0.523. The Bertz CT molecular complexity index is 1380. The van der Waals surface area contributed by atoms with Crippen molar-refractivity contribution in [3.05, 3.63) is 157 Å². The van der Waals surface area contributed by atoms with Gasteiger partial charge in [-0.05, 0) is 46.5 Å². The molecular formula is C33H30NOP. The Hall–Kier alpha value is -3.71. The normalized spacial score (nSPS) is 13.1. The van der Waals surface area contributed by atoms with Gasteiger partial charge in [0.1, 0.15) is 0 Å². The molecule has 2 nitrogen and oxygen atoms in total. The fourth-order valence-corrected chi connectivity index (χ4v) is 7.25. The van der Waals surface area contributed by atoms with Crippen molar-refractivity contribution in [2.45, 2.75) is 18.9 Å². The van der Waals surface area contributed by atoms with Gasteiger partial charge in [-0.3, -0.25) is 9.65 Å². The fraction of sp³-hybridized carbons (Fsp3) is 0.0909. The van der Waals surface area contributed by atoms with Crippen LogP contribution in [0.15, 0.2) is 146 Å². The SMILES string of the molecule is CC(c1ccc(-c2ccccc2)cc1)C(NP(=O)(c1ccccc1)c1ccccc1)c1ccccc1. The molecule has 0 radical (unpaired) electrons. The molecule has 0 heterocycles. The average molecular weight is 488 g/mol. The summed E-state index contributed by atoms with van der Waals surface area (Å²) in [5.41, 5.74) is 4.70. The van der Waals surface area contributed by atoms with Crippen molar-refractivity contribution in [3.63, 3.8) is 0 Å². The molecule has 2 unspecified atom stereocenters. The minimum Gasteiger partial charge on any atom is -0.297 e. The van der Waals surface area contributed by atoms with Gasteiger partial charge in [0.15, 0.2) is 0 Å². The summed E-state index contributed by atoms with van der Waals surface area (Å²) in [6.07, 6.45) is 0. The van der Waals surface area contributed by atoms with Gasteiger partial charge in [-0.1, -0.05) is 128 Å². The standard InChI is InChI=1S/C33H30NOP/c1-26(27-22-24-29(25-23-27)28-14-6-2-7-15-28)33(30-16-8-3-9-17-30)34-36(35,31-18-10-4-11-19-31)32-20-12-5-13-21-32/h2-26,33H,1H3,(H,34,35). The van der Waals surface area contributed by atoms with E-state index < -0.39 is 7.29 Å². The van der Waals surface area contributed by atoms with Crippen LogP contribution in [0.3, 0.4) is 0 Å². The zero-order valence-corrected chi connectivity index (χ0v) is 21.3. The molecule has 0 aliphatic carbocycles. The van der Waals surface area contributed by atoms with Crippen LogP contribution in [0, 0.1) is 0 Å². The second kappa shape index (κ2) is 10.9. The van der Waals surface area contributed by atoms with Crippen molar-refractivity contribution in [1.82, 2.24) is 5.09 Å². The zero-order chi connectivity index (χ0) is 24.8. The van der Waals surface area contributed by atoms with Crippen molar-refractivity contribution < 1.29 is 4.57 Å². The molecule has 5 aromatic rings. The van der Waals surface area contributed by atoms with Crippen LogP contribution in [0.25, 0.3) is 11.1 Å². The summed E-state index contributed by atoms with van der Waals surface area (Å²) in [5.74, 6) is 0.0815. The molecule has 0 spiro atoms. The molecule has 36 heavy (non-hydrogen) atoms. The van der Waals surface area contributed by atoms with Gasteiger partial charge in [0.25, 0.3) is 0 Å². The Labute approximate surface area is 214 Å². The molecule has 1 N–H and O–H groups in total. The minimum atomic E-state index is -3.13. The van der Waals surface area contributed by atoms with Gasteiger partial charge in [0.2, 0.25) is 7.29 Å². The van der Waals surface area contributed by atoms with Gasteiger partial charge in [-0.25, -0.2) is 0 Å². The van der Waals surface area contributed by atoms with Crippen molar-refractivity contribution in [3.8, 4) is 11.1 Å². The van der Waals surface area contributed by atoms with Gasteiger partial charge in [0.05, 0.1) is 0 Å². The first-order valence-electron chi connectivity index (χ1n) is 12.3. The topological polar surface area (TPSA) is 29.1 Å². The van der Waals surface area contributed by atoms with Crippen LogP contribution in [-0.4, -0.2) is 0 Å². The predicted octanol–water partition coefficient (Wildman–Crippen LogP) is 7.72. The third kappa shape index (κ3) is 5.11. The molecule has 178 valence electrons. The fourth-order valence-electron chi connectivity index (χ4n) is 4.71. The Morgan fingerprint density at radius 1 is 0.500 bits per heavy atom. The maximum atomic E-state index is 14.9. The van der Waals surface area contributed by atoms with Crippen LogP contribution in [0.4, 0.5) is 0 Å². The van der Waals surface area contributed by atoms with Gasteiger partial charge >= 0.3 is 0 Å². The van der Waals surface area contributed by atoms with E-state index in [0.29, 0.717) is 0 Å². The lowest BCUT2D eigenvalue weighted by Gasteiger charge is -2.31. The van der Waals surface area contributed by atoms with Crippen molar-refractivity contribution in [2.75, 3.05) is 0 Å². The first kappa shape index (κ1) is 24.0. The average Bonchev–Trinajstić information content (AvgIpc) is 2.97. The summed E-state index contributed by atoms with van der Waals surface area (Å²) < 4.78 is 14.9. The monoisotopic (exact) mass is 487 g/mol. The molecule has 5 aromatic carbocycles. The van der Waals surface area contributed by atoms with Gasteiger partial charge in [0, 0.05) is 22.6 Å². The van der Waals surface area contributed by atoms with E-state index in [9.17, 15) is 4.57 Å². The number of hydrogen-bond donors (Lipinski definition) is 1. The maximum absolute atomic E-state index is 14.9. The molecule has 0 saturated heterocycles. The van der Waals surface area contributed by atoms with Crippen LogP contribution in [0.2, 0.25) is 0 Å². The molecule has 0 aromatic heterocycles. The Morgan fingerprint density at radius 3 is 1.42 bits per heavy atom. The third-order valence-corrected chi connectivity index (χ3v) is 9.46. The van der Waals surface area contributed by atoms with Crippen LogP contribution < -0.4 is 15.7 Å². The summed E-state index contributed by atoms with van der Waals surface area (Å²) in [6.45, 7) is 2.21. The highest BCUT2D eigenvalue weighted by Gasteiger charge is 2.33. The van der Waals surface area contributed by atoms with E-state index in [1.165, 1.54) is 16.7 Å². The molecule has 3 heteroatoms. The number of benzene rings is 5. The second-order valence-electron chi connectivity index (χ2n) is 9.07. The van der Waals surface area contributed by atoms with E-state index in [1.807, 2.05) is 84.9 Å². The smallest absolute Gasteiger partial charge is 0.205 e. The van der Waals surface area contributed by atoms with Crippen LogP contribution in [0.5, 0.6) is 0 Å². The quantitative estimate of drug-likeness (QED) is 0.227. The van der Waals surface area contributed by atoms with E-state index >= 15 is 0 Å². The van der Waals surface area contributed by atoms with Crippen LogP contribution in [0.1, 0.15) is 30.0 Å². The van der Waals surface area contributed by atoms with Gasteiger partial charge in [-0.2, -0.15) is 0 Å². The summed E-state index contributed by atoms with van der Waals surface area (Å²) in [6, 6.07) is 48.9. The van der Waals surface area contributed by atoms with Crippen LogP contribution >= 0.6 is 7.29 Å². The second-order valence-corrected chi connectivity index (χ2v) is 11.6. The molecule has 0 amide bonds. The molecular weight excluding hydrogens is 457 g/mol. The van der Waals surface area contributed by atoms with E-state index in [2.05, 4.69) is 72.7 Å². The molecule has 0 fully saturated rings. The third-order valence-electron chi connectivity index (χ3n) is 6.76. The summed E-state index contributed by atoms with van der Waals surface area (Å²) in [4.78, 5) is 0. The lowest BCUT2D eigenvalue weighted by atomic mass is 9.88. The molecule has 5 rings (SSSR count). The number of hydrogen-bond acceptors (Lipinski definition) is 1.